The number of nitrogens with one attached hydrogen (secondary N) is 3. The molecule has 3 aromatic rings. The molecule has 1 unspecified atom stereocenters. The zero-order valence-corrected chi connectivity index (χ0v) is 10.8. The molecule has 3 rings (SSSR count). The number of hydrogen-bond donors (Lipinski definition) is 3. The van der Waals surface area contributed by atoms with Gasteiger partial charge >= 0.3 is 5.69 Å². The number of aromatic nitrogens is 2. The maximum atomic E-state index is 11.3. The fourth-order valence-electron chi connectivity index (χ4n) is 2.31. The Hall–Kier alpha value is -2.27. The Bertz CT molecular complexity index is 766. The van der Waals surface area contributed by atoms with Crippen LogP contribution in [0.3, 0.4) is 0 Å². The van der Waals surface area contributed by atoms with Crippen LogP contribution in [0, 0.1) is 6.92 Å². The van der Waals surface area contributed by atoms with Crippen molar-refractivity contribution < 1.29 is 4.42 Å². The third-order valence-electron chi connectivity index (χ3n) is 3.21. The number of furan rings is 1. The lowest BCUT2D eigenvalue weighted by Gasteiger charge is -2.14. The molecule has 0 saturated heterocycles. The van der Waals surface area contributed by atoms with Crippen molar-refractivity contribution in [2.24, 2.45) is 0 Å². The Morgan fingerprint density at radius 2 is 1.95 bits per heavy atom. The highest BCUT2D eigenvalue weighted by Crippen LogP contribution is 2.25. The molecule has 0 fully saturated rings. The van der Waals surface area contributed by atoms with Gasteiger partial charge in [-0.05, 0) is 43.8 Å². The van der Waals surface area contributed by atoms with E-state index < -0.39 is 0 Å². The Labute approximate surface area is 109 Å². The van der Waals surface area contributed by atoms with Crippen LogP contribution in [0.25, 0.3) is 11.0 Å². The lowest BCUT2D eigenvalue weighted by molar-refractivity contribution is 0.444. The van der Waals surface area contributed by atoms with Gasteiger partial charge in [0.2, 0.25) is 0 Å². The predicted molar refractivity (Wildman–Crippen MR) is 73.3 cm³/mol. The van der Waals surface area contributed by atoms with E-state index in [2.05, 4.69) is 15.3 Å². The van der Waals surface area contributed by atoms with E-state index >= 15 is 0 Å². The molecule has 98 valence electrons. The second-order valence-corrected chi connectivity index (χ2v) is 4.55. The molecule has 0 aliphatic carbocycles. The van der Waals surface area contributed by atoms with E-state index in [1.54, 1.807) is 0 Å². The molecule has 1 aromatic carbocycles. The molecule has 5 heteroatoms. The van der Waals surface area contributed by atoms with Crippen molar-refractivity contribution in [3.05, 3.63) is 57.9 Å². The first-order valence-electron chi connectivity index (χ1n) is 6.13. The van der Waals surface area contributed by atoms with Crippen LogP contribution >= 0.6 is 0 Å². The lowest BCUT2D eigenvalue weighted by atomic mass is 10.0. The van der Waals surface area contributed by atoms with E-state index in [4.69, 9.17) is 4.42 Å². The van der Waals surface area contributed by atoms with Gasteiger partial charge in [-0.3, -0.25) is 0 Å². The lowest BCUT2D eigenvalue weighted by Crippen LogP contribution is -2.16. The molecule has 0 aliphatic heterocycles. The van der Waals surface area contributed by atoms with Crippen LogP contribution in [0.4, 0.5) is 0 Å². The van der Waals surface area contributed by atoms with E-state index in [0.717, 1.165) is 28.1 Å². The smallest absolute Gasteiger partial charge is 0.323 e. The second kappa shape index (κ2) is 4.44. The van der Waals surface area contributed by atoms with Crippen LogP contribution < -0.4 is 11.0 Å². The first-order valence-corrected chi connectivity index (χ1v) is 6.13. The van der Waals surface area contributed by atoms with Crippen LogP contribution in [-0.4, -0.2) is 17.0 Å². The molecule has 2 heterocycles. The maximum absolute atomic E-state index is 11.3. The summed E-state index contributed by atoms with van der Waals surface area (Å²) in [4.78, 5) is 16.8. The van der Waals surface area contributed by atoms with Crippen molar-refractivity contribution in [1.29, 1.82) is 0 Å². The van der Waals surface area contributed by atoms with Gasteiger partial charge in [0.15, 0.2) is 0 Å². The summed E-state index contributed by atoms with van der Waals surface area (Å²) in [6, 6.07) is 9.69. The van der Waals surface area contributed by atoms with Gasteiger partial charge < -0.3 is 19.7 Å². The third kappa shape index (κ3) is 2.08. The first-order chi connectivity index (χ1) is 9.17. The summed E-state index contributed by atoms with van der Waals surface area (Å²) in [5.41, 5.74) is 2.45. The molecule has 0 aliphatic rings. The highest BCUT2D eigenvalue weighted by atomic mass is 16.3. The third-order valence-corrected chi connectivity index (χ3v) is 3.21. The fourth-order valence-corrected chi connectivity index (χ4v) is 2.31. The standard InChI is InChI=1S/C14H15N3O2/c1-8-3-6-12(19-8)13(15-2)9-4-5-10-11(7-9)17-14(18)16-10/h3-7,13,15H,1-2H3,(H2,16,17,18). The molecule has 2 aromatic heterocycles. The minimum atomic E-state index is -0.193. The van der Waals surface area contributed by atoms with E-state index in [-0.39, 0.29) is 11.7 Å². The van der Waals surface area contributed by atoms with E-state index in [9.17, 15) is 4.79 Å². The Kier molecular flexibility index (Phi) is 2.76. The first kappa shape index (κ1) is 11.8. The minimum absolute atomic E-state index is 0.0310. The molecule has 0 amide bonds. The van der Waals surface area contributed by atoms with Crippen LogP contribution in [0.5, 0.6) is 0 Å². The molecular weight excluding hydrogens is 242 g/mol. The second-order valence-electron chi connectivity index (χ2n) is 4.55. The molecule has 0 radical (unpaired) electrons. The van der Waals surface area contributed by atoms with Gasteiger partial charge in [-0.15, -0.1) is 0 Å². The SMILES string of the molecule is CNC(c1ccc2[nH]c(=O)[nH]c2c1)c1ccc(C)o1. The van der Waals surface area contributed by atoms with Crippen LogP contribution in [0.1, 0.15) is 23.1 Å². The summed E-state index contributed by atoms with van der Waals surface area (Å²) in [5.74, 6) is 1.74. The predicted octanol–water partition coefficient (Wildman–Crippen LogP) is 2.07. The molecule has 5 nitrogen and oxygen atoms in total. The monoisotopic (exact) mass is 257 g/mol. The Balaban J connectivity index is 2.07. The Morgan fingerprint density at radius 1 is 1.16 bits per heavy atom. The van der Waals surface area contributed by atoms with Gasteiger partial charge in [-0.2, -0.15) is 0 Å². The highest BCUT2D eigenvalue weighted by Gasteiger charge is 2.16. The molecule has 1 atom stereocenters. The number of benzene rings is 1. The minimum Gasteiger partial charge on any atom is -0.464 e. The van der Waals surface area contributed by atoms with Crippen molar-refractivity contribution in [3.8, 4) is 0 Å². The highest BCUT2D eigenvalue weighted by molar-refractivity contribution is 5.75. The van der Waals surface area contributed by atoms with Gasteiger partial charge in [0.1, 0.15) is 11.5 Å². The molecule has 19 heavy (non-hydrogen) atoms. The number of hydrogen-bond acceptors (Lipinski definition) is 3. The fraction of sp³-hybridized carbons (Fsp3) is 0.214. The zero-order valence-electron chi connectivity index (χ0n) is 10.8. The number of H-pyrrole nitrogens is 2. The van der Waals surface area contributed by atoms with E-state index in [1.165, 1.54) is 0 Å². The van der Waals surface area contributed by atoms with Gasteiger partial charge in [-0.1, -0.05) is 6.07 Å². The maximum Gasteiger partial charge on any atom is 0.323 e. The summed E-state index contributed by atoms with van der Waals surface area (Å²) in [6.45, 7) is 1.92. The summed E-state index contributed by atoms with van der Waals surface area (Å²) >= 11 is 0. The van der Waals surface area contributed by atoms with Gasteiger partial charge in [0.25, 0.3) is 0 Å². The van der Waals surface area contributed by atoms with Gasteiger partial charge in [0.05, 0.1) is 17.1 Å². The molecular formula is C14H15N3O2. The summed E-state index contributed by atoms with van der Waals surface area (Å²) in [5, 5.41) is 3.22. The average molecular weight is 257 g/mol. The largest absolute Gasteiger partial charge is 0.464 e. The van der Waals surface area contributed by atoms with Crippen molar-refractivity contribution in [1.82, 2.24) is 15.3 Å². The molecule has 0 saturated carbocycles. The number of aromatic amines is 2. The quantitative estimate of drug-likeness (QED) is 0.672. The number of rotatable bonds is 3. The van der Waals surface area contributed by atoms with Crippen LogP contribution in [0.2, 0.25) is 0 Å². The Morgan fingerprint density at radius 3 is 2.63 bits per heavy atom. The van der Waals surface area contributed by atoms with Crippen LogP contribution in [0.15, 0.2) is 39.5 Å². The topological polar surface area (TPSA) is 73.8 Å². The summed E-state index contributed by atoms with van der Waals surface area (Å²) < 4.78 is 5.67. The van der Waals surface area contributed by atoms with Crippen molar-refractivity contribution in [2.45, 2.75) is 13.0 Å². The molecule has 0 bridgehead atoms. The van der Waals surface area contributed by atoms with Crippen molar-refractivity contribution in [3.63, 3.8) is 0 Å². The zero-order chi connectivity index (χ0) is 13.4. The number of fused-ring (bicyclic) bond motifs is 1. The average Bonchev–Trinajstić information content (AvgIpc) is 2.95. The van der Waals surface area contributed by atoms with Crippen molar-refractivity contribution >= 4 is 11.0 Å². The van der Waals surface area contributed by atoms with Crippen molar-refractivity contribution in [2.75, 3.05) is 7.05 Å². The normalized spacial score (nSPS) is 12.9. The number of imidazole rings is 1. The van der Waals surface area contributed by atoms with Gasteiger partial charge in [-0.25, -0.2) is 4.79 Å². The van der Waals surface area contributed by atoms with Crippen LogP contribution in [-0.2, 0) is 0 Å². The van der Waals surface area contributed by atoms with E-state index in [0.29, 0.717) is 0 Å². The summed E-state index contributed by atoms with van der Waals surface area (Å²) in [6.07, 6.45) is 0. The molecule has 3 N–H and O–H groups in total. The van der Waals surface area contributed by atoms with Gasteiger partial charge in [0, 0.05) is 0 Å². The van der Waals surface area contributed by atoms with E-state index in [1.807, 2.05) is 44.3 Å². The summed E-state index contributed by atoms with van der Waals surface area (Å²) in [7, 11) is 1.88. The molecule has 0 spiro atoms. The number of aryl methyl sites for hydroxylation is 1.